The highest BCUT2D eigenvalue weighted by atomic mass is 16.3. The van der Waals surface area contributed by atoms with Crippen molar-refractivity contribution in [3.8, 4) is 0 Å². The summed E-state index contributed by atoms with van der Waals surface area (Å²) in [5, 5.41) is 5.88. The van der Waals surface area contributed by atoms with Crippen molar-refractivity contribution in [3.63, 3.8) is 0 Å². The standard InChI is InChI=1S/C17H26N2O3/c20-16(19-14-8-4-2-1-3-5-9-14)11-6-12-18-17(21)15-10-7-13-22-15/h7,10,13-14H,1-6,8-9,11-12H2,(H,18,21)(H,19,20). The molecule has 0 radical (unpaired) electrons. The topological polar surface area (TPSA) is 71.3 Å². The lowest BCUT2D eigenvalue weighted by atomic mass is 9.96. The molecule has 2 amide bonds. The summed E-state index contributed by atoms with van der Waals surface area (Å²) in [6.45, 7) is 0.484. The van der Waals surface area contributed by atoms with Gasteiger partial charge in [0.05, 0.1) is 6.26 Å². The van der Waals surface area contributed by atoms with Crippen LogP contribution in [-0.4, -0.2) is 24.4 Å². The fourth-order valence-electron chi connectivity index (χ4n) is 2.85. The first-order valence-corrected chi connectivity index (χ1v) is 8.37. The monoisotopic (exact) mass is 306 g/mol. The summed E-state index contributed by atoms with van der Waals surface area (Å²) < 4.78 is 5.00. The SMILES string of the molecule is O=C(CCCNC(=O)c1ccco1)NC1CCCCCCC1. The summed E-state index contributed by atoms with van der Waals surface area (Å²) in [4.78, 5) is 23.6. The quantitative estimate of drug-likeness (QED) is 0.794. The molecule has 2 rings (SSSR count). The molecule has 0 spiro atoms. The molecule has 1 aromatic rings. The number of hydrogen-bond acceptors (Lipinski definition) is 3. The molecule has 5 heteroatoms. The summed E-state index contributed by atoms with van der Waals surface area (Å²) in [5.74, 6) is 0.169. The lowest BCUT2D eigenvalue weighted by molar-refractivity contribution is -0.122. The van der Waals surface area contributed by atoms with Crippen LogP contribution in [0.25, 0.3) is 0 Å². The second-order valence-electron chi connectivity index (χ2n) is 5.95. The first kappa shape index (κ1) is 16.6. The average Bonchev–Trinajstić information content (AvgIpc) is 3.00. The molecule has 0 unspecified atom stereocenters. The minimum atomic E-state index is -0.231. The molecule has 0 saturated heterocycles. The van der Waals surface area contributed by atoms with Gasteiger partial charge in [0, 0.05) is 19.0 Å². The lowest BCUT2D eigenvalue weighted by Gasteiger charge is -2.21. The van der Waals surface area contributed by atoms with Gasteiger partial charge in [0.1, 0.15) is 0 Å². The smallest absolute Gasteiger partial charge is 0.286 e. The Morgan fingerprint density at radius 1 is 1.14 bits per heavy atom. The molecule has 1 aliphatic rings. The van der Waals surface area contributed by atoms with Crippen LogP contribution in [-0.2, 0) is 4.79 Å². The van der Waals surface area contributed by atoms with Gasteiger partial charge in [-0.15, -0.1) is 0 Å². The fraction of sp³-hybridized carbons (Fsp3) is 0.647. The Kier molecular flexibility index (Phi) is 7.00. The molecule has 1 aliphatic carbocycles. The predicted molar refractivity (Wildman–Crippen MR) is 84.5 cm³/mol. The van der Waals surface area contributed by atoms with Crippen LogP contribution in [0.3, 0.4) is 0 Å². The first-order chi connectivity index (χ1) is 10.8. The zero-order valence-electron chi connectivity index (χ0n) is 13.1. The molecule has 2 N–H and O–H groups in total. The molecule has 0 aromatic carbocycles. The summed E-state index contributed by atoms with van der Waals surface area (Å²) in [5.41, 5.74) is 0. The summed E-state index contributed by atoms with van der Waals surface area (Å²) >= 11 is 0. The van der Waals surface area contributed by atoms with E-state index in [-0.39, 0.29) is 11.8 Å². The zero-order chi connectivity index (χ0) is 15.6. The van der Waals surface area contributed by atoms with Crippen molar-refractivity contribution in [3.05, 3.63) is 24.2 Å². The number of rotatable bonds is 6. The van der Waals surface area contributed by atoms with E-state index in [1.807, 2.05) is 0 Å². The van der Waals surface area contributed by atoms with Crippen molar-refractivity contribution in [2.75, 3.05) is 6.54 Å². The van der Waals surface area contributed by atoms with E-state index in [0.717, 1.165) is 12.8 Å². The first-order valence-electron chi connectivity index (χ1n) is 8.37. The Labute approximate surface area is 131 Å². The van der Waals surface area contributed by atoms with Crippen LogP contribution < -0.4 is 10.6 Å². The van der Waals surface area contributed by atoms with E-state index >= 15 is 0 Å². The van der Waals surface area contributed by atoms with Crippen molar-refractivity contribution in [1.82, 2.24) is 10.6 Å². The van der Waals surface area contributed by atoms with Crippen molar-refractivity contribution in [2.45, 2.75) is 63.8 Å². The molecule has 22 heavy (non-hydrogen) atoms. The second kappa shape index (κ2) is 9.28. The molecular weight excluding hydrogens is 280 g/mol. The van der Waals surface area contributed by atoms with Gasteiger partial charge in [-0.2, -0.15) is 0 Å². The van der Waals surface area contributed by atoms with Crippen LogP contribution in [0, 0.1) is 0 Å². The number of furan rings is 1. The molecule has 122 valence electrons. The minimum Gasteiger partial charge on any atom is -0.459 e. The number of hydrogen-bond donors (Lipinski definition) is 2. The summed E-state index contributed by atoms with van der Waals surface area (Å²) in [7, 11) is 0. The van der Waals surface area contributed by atoms with Crippen LogP contribution in [0.4, 0.5) is 0 Å². The van der Waals surface area contributed by atoms with Crippen LogP contribution in [0.15, 0.2) is 22.8 Å². The third kappa shape index (κ3) is 5.92. The van der Waals surface area contributed by atoms with Gasteiger partial charge in [0.25, 0.3) is 5.91 Å². The van der Waals surface area contributed by atoms with Gasteiger partial charge in [-0.3, -0.25) is 9.59 Å². The van der Waals surface area contributed by atoms with Crippen LogP contribution in [0.1, 0.15) is 68.3 Å². The van der Waals surface area contributed by atoms with Gasteiger partial charge >= 0.3 is 0 Å². The van der Waals surface area contributed by atoms with Crippen LogP contribution in [0.5, 0.6) is 0 Å². The van der Waals surface area contributed by atoms with Crippen LogP contribution in [0.2, 0.25) is 0 Å². The van der Waals surface area contributed by atoms with Gasteiger partial charge in [-0.05, 0) is 31.4 Å². The highest BCUT2D eigenvalue weighted by molar-refractivity contribution is 5.91. The third-order valence-corrected chi connectivity index (χ3v) is 4.08. The maximum Gasteiger partial charge on any atom is 0.286 e. The number of amides is 2. The van der Waals surface area contributed by atoms with E-state index in [1.165, 1.54) is 38.4 Å². The Morgan fingerprint density at radius 2 is 1.86 bits per heavy atom. The molecule has 1 saturated carbocycles. The van der Waals surface area contributed by atoms with Crippen molar-refractivity contribution in [1.29, 1.82) is 0 Å². The average molecular weight is 306 g/mol. The molecule has 0 aliphatic heterocycles. The highest BCUT2D eigenvalue weighted by Crippen LogP contribution is 2.17. The predicted octanol–water partition coefficient (Wildman–Crippen LogP) is 3.02. The van der Waals surface area contributed by atoms with Gasteiger partial charge in [0.2, 0.25) is 5.91 Å². The van der Waals surface area contributed by atoms with Gasteiger partial charge in [0.15, 0.2) is 5.76 Å². The number of carbonyl (C=O) groups is 2. The van der Waals surface area contributed by atoms with Gasteiger partial charge < -0.3 is 15.1 Å². The van der Waals surface area contributed by atoms with Crippen LogP contribution >= 0.6 is 0 Å². The second-order valence-corrected chi connectivity index (χ2v) is 5.95. The molecular formula is C17H26N2O3. The Hall–Kier alpha value is -1.78. The largest absolute Gasteiger partial charge is 0.459 e. The normalized spacial score (nSPS) is 16.5. The molecule has 1 heterocycles. The van der Waals surface area contributed by atoms with Crippen molar-refractivity contribution < 1.29 is 14.0 Å². The molecule has 1 aromatic heterocycles. The molecule has 5 nitrogen and oxygen atoms in total. The summed E-state index contributed by atoms with van der Waals surface area (Å²) in [6, 6.07) is 3.64. The van der Waals surface area contributed by atoms with Crippen molar-refractivity contribution >= 4 is 11.8 Å². The molecule has 0 bridgehead atoms. The Bertz CT molecular complexity index is 448. The Balaban J connectivity index is 1.58. The number of carbonyl (C=O) groups excluding carboxylic acids is 2. The molecule has 1 fully saturated rings. The third-order valence-electron chi connectivity index (χ3n) is 4.08. The van der Waals surface area contributed by atoms with E-state index in [2.05, 4.69) is 10.6 Å². The van der Waals surface area contributed by atoms with Gasteiger partial charge in [-0.25, -0.2) is 0 Å². The van der Waals surface area contributed by atoms with Gasteiger partial charge in [-0.1, -0.05) is 32.1 Å². The maximum absolute atomic E-state index is 11.9. The lowest BCUT2D eigenvalue weighted by Crippen LogP contribution is -2.35. The Morgan fingerprint density at radius 3 is 2.55 bits per heavy atom. The van der Waals surface area contributed by atoms with E-state index < -0.39 is 0 Å². The highest BCUT2D eigenvalue weighted by Gasteiger charge is 2.14. The van der Waals surface area contributed by atoms with E-state index in [0.29, 0.717) is 31.2 Å². The minimum absolute atomic E-state index is 0.0952. The zero-order valence-corrected chi connectivity index (χ0v) is 13.1. The van der Waals surface area contributed by atoms with E-state index in [4.69, 9.17) is 4.42 Å². The van der Waals surface area contributed by atoms with E-state index in [1.54, 1.807) is 12.1 Å². The fourth-order valence-corrected chi connectivity index (χ4v) is 2.85. The number of nitrogens with one attached hydrogen (secondary N) is 2. The van der Waals surface area contributed by atoms with Crippen molar-refractivity contribution in [2.24, 2.45) is 0 Å². The van der Waals surface area contributed by atoms with E-state index in [9.17, 15) is 9.59 Å². The maximum atomic E-state index is 11.9. The molecule has 0 atom stereocenters. The summed E-state index contributed by atoms with van der Waals surface area (Å²) in [6.07, 6.45) is 11.1.